The van der Waals surface area contributed by atoms with Crippen molar-refractivity contribution in [1.29, 1.82) is 0 Å². The molecule has 4 nitrogen and oxygen atoms in total. The smallest absolute Gasteiger partial charge is 0.208 e. The first-order valence-corrected chi connectivity index (χ1v) is 6.91. The van der Waals surface area contributed by atoms with Crippen molar-refractivity contribution in [2.24, 2.45) is 0 Å². The van der Waals surface area contributed by atoms with Gasteiger partial charge in [0.05, 0.1) is 6.26 Å². The van der Waals surface area contributed by atoms with Crippen molar-refractivity contribution in [2.45, 2.75) is 32.7 Å². The molecular formula is C9H22N2O2S. The second-order valence-corrected chi connectivity index (χ2v) is 5.62. The largest absolute Gasteiger partial charge is 0.302 e. The molecule has 0 aliphatic rings. The number of hydrogen-bond donors (Lipinski definition) is 1. The van der Waals surface area contributed by atoms with Gasteiger partial charge < -0.3 is 4.90 Å². The summed E-state index contributed by atoms with van der Waals surface area (Å²) in [5.41, 5.74) is 0. The van der Waals surface area contributed by atoms with Gasteiger partial charge in [-0.05, 0) is 20.4 Å². The highest BCUT2D eigenvalue weighted by atomic mass is 32.2. The van der Waals surface area contributed by atoms with E-state index >= 15 is 0 Å². The normalized spacial score (nSPS) is 14.6. The van der Waals surface area contributed by atoms with Crippen LogP contribution in [0.3, 0.4) is 0 Å². The molecule has 1 N–H and O–H groups in total. The molecule has 0 fully saturated rings. The Bertz CT molecular complexity index is 239. The highest BCUT2D eigenvalue weighted by Gasteiger charge is 2.08. The first kappa shape index (κ1) is 13.9. The minimum absolute atomic E-state index is 0.489. The maximum absolute atomic E-state index is 10.8. The summed E-state index contributed by atoms with van der Waals surface area (Å²) in [5.74, 6) is 0. The first-order valence-electron chi connectivity index (χ1n) is 5.01. The van der Waals surface area contributed by atoms with Gasteiger partial charge in [0.2, 0.25) is 10.0 Å². The van der Waals surface area contributed by atoms with Crippen molar-refractivity contribution in [3.8, 4) is 0 Å². The Hall–Kier alpha value is -0.130. The average molecular weight is 222 g/mol. The third-order valence-corrected chi connectivity index (χ3v) is 3.02. The molecule has 14 heavy (non-hydrogen) atoms. The Labute approximate surface area is 87.7 Å². The van der Waals surface area contributed by atoms with Gasteiger partial charge in [-0.1, -0.05) is 13.3 Å². The summed E-state index contributed by atoms with van der Waals surface area (Å²) in [6.45, 7) is 5.56. The molecule has 0 aliphatic heterocycles. The molecule has 0 heterocycles. The minimum Gasteiger partial charge on any atom is -0.302 e. The Morgan fingerprint density at radius 3 is 2.43 bits per heavy atom. The molecule has 5 heteroatoms. The fourth-order valence-electron chi connectivity index (χ4n) is 1.27. The Morgan fingerprint density at radius 2 is 2.00 bits per heavy atom. The molecule has 0 saturated carbocycles. The standard InChI is InChI=1S/C9H22N2O2S/c1-5-6-9(2)11(3)8-7-10-14(4,12)13/h9-10H,5-8H2,1-4H3/t9-/m0/s1. The molecule has 0 aliphatic carbocycles. The summed E-state index contributed by atoms with van der Waals surface area (Å²) in [4.78, 5) is 2.17. The number of likely N-dealkylation sites (N-methyl/N-ethyl adjacent to an activating group) is 1. The highest BCUT2D eigenvalue weighted by Crippen LogP contribution is 2.02. The molecule has 0 spiro atoms. The number of rotatable bonds is 7. The van der Waals surface area contributed by atoms with E-state index in [1.807, 2.05) is 7.05 Å². The van der Waals surface area contributed by atoms with Crippen LogP contribution in [0, 0.1) is 0 Å². The van der Waals surface area contributed by atoms with Crippen molar-refractivity contribution < 1.29 is 8.42 Å². The lowest BCUT2D eigenvalue weighted by atomic mass is 10.2. The predicted octanol–water partition coefficient (Wildman–Crippen LogP) is 0.656. The summed E-state index contributed by atoms with van der Waals surface area (Å²) < 4.78 is 24.0. The van der Waals surface area contributed by atoms with Crippen LogP contribution < -0.4 is 4.72 Å². The van der Waals surface area contributed by atoms with E-state index in [0.717, 1.165) is 19.4 Å². The van der Waals surface area contributed by atoms with Crippen LogP contribution in [-0.4, -0.2) is 45.8 Å². The van der Waals surface area contributed by atoms with Gasteiger partial charge in [-0.2, -0.15) is 0 Å². The van der Waals surface area contributed by atoms with Gasteiger partial charge in [0.15, 0.2) is 0 Å². The second-order valence-electron chi connectivity index (χ2n) is 3.78. The van der Waals surface area contributed by atoms with E-state index in [4.69, 9.17) is 0 Å². The van der Waals surface area contributed by atoms with Crippen LogP contribution in [0.4, 0.5) is 0 Å². The maximum Gasteiger partial charge on any atom is 0.208 e. The van der Waals surface area contributed by atoms with Crippen LogP contribution in [-0.2, 0) is 10.0 Å². The number of nitrogens with zero attached hydrogens (tertiary/aromatic N) is 1. The lowest BCUT2D eigenvalue weighted by Crippen LogP contribution is -2.36. The molecule has 1 atom stereocenters. The zero-order chi connectivity index (χ0) is 11.2. The average Bonchev–Trinajstić information content (AvgIpc) is 2.02. The third kappa shape index (κ3) is 7.29. The second kappa shape index (κ2) is 6.37. The van der Waals surface area contributed by atoms with E-state index in [0.29, 0.717) is 12.6 Å². The van der Waals surface area contributed by atoms with Crippen LogP contribution in [0.5, 0.6) is 0 Å². The Morgan fingerprint density at radius 1 is 1.43 bits per heavy atom. The van der Waals surface area contributed by atoms with Crippen LogP contribution in [0.2, 0.25) is 0 Å². The van der Waals surface area contributed by atoms with Crippen LogP contribution in [0.1, 0.15) is 26.7 Å². The molecule has 0 aromatic heterocycles. The summed E-state index contributed by atoms with van der Waals surface area (Å²) in [6, 6.07) is 0.515. The fourth-order valence-corrected chi connectivity index (χ4v) is 1.73. The lowest BCUT2D eigenvalue weighted by molar-refractivity contribution is 0.249. The number of sulfonamides is 1. The molecule has 0 aromatic rings. The van der Waals surface area contributed by atoms with Gasteiger partial charge in [0.1, 0.15) is 0 Å². The maximum atomic E-state index is 10.8. The SMILES string of the molecule is CCC[C@H](C)N(C)CCNS(C)(=O)=O. The monoisotopic (exact) mass is 222 g/mol. The van der Waals surface area contributed by atoms with E-state index in [1.54, 1.807) is 0 Å². The zero-order valence-electron chi connectivity index (χ0n) is 9.58. The van der Waals surface area contributed by atoms with E-state index in [9.17, 15) is 8.42 Å². The third-order valence-electron chi connectivity index (χ3n) is 2.29. The van der Waals surface area contributed by atoms with Crippen LogP contribution >= 0.6 is 0 Å². The molecule has 0 amide bonds. The molecule has 0 rings (SSSR count). The molecule has 0 saturated heterocycles. The molecule has 0 unspecified atom stereocenters. The van der Waals surface area contributed by atoms with E-state index in [1.165, 1.54) is 6.26 Å². The lowest BCUT2D eigenvalue weighted by Gasteiger charge is -2.24. The molecular weight excluding hydrogens is 200 g/mol. The fraction of sp³-hybridized carbons (Fsp3) is 1.00. The van der Waals surface area contributed by atoms with Crippen molar-refractivity contribution in [3.05, 3.63) is 0 Å². The van der Waals surface area contributed by atoms with Gasteiger partial charge in [-0.3, -0.25) is 0 Å². The number of hydrogen-bond acceptors (Lipinski definition) is 3. The van der Waals surface area contributed by atoms with Crippen molar-refractivity contribution in [3.63, 3.8) is 0 Å². The van der Waals surface area contributed by atoms with E-state index < -0.39 is 10.0 Å². The summed E-state index contributed by atoms with van der Waals surface area (Å²) in [7, 11) is -1.02. The van der Waals surface area contributed by atoms with Gasteiger partial charge in [-0.15, -0.1) is 0 Å². The minimum atomic E-state index is -3.03. The zero-order valence-corrected chi connectivity index (χ0v) is 10.4. The van der Waals surface area contributed by atoms with Crippen LogP contribution in [0.15, 0.2) is 0 Å². The van der Waals surface area contributed by atoms with Gasteiger partial charge in [0.25, 0.3) is 0 Å². The molecule has 0 aromatic carbocycles. The predicted molar refractivity (Wildman–Crippen MR) is 59.8 cm³/mol. The Balaban J connectivity index is 3.68. The molecule has 86 valence electrons. The Kier molecular flexibility index (Phi) is 6.31. The molecule has 0 radical (unpaired) electrons. The topological polar surface area (TPSA) is 49.4 Å². The van der Waals surface area contributed by atoms with Crippen molar-refractivity contribution >= 4 is 10.0 Å². The number of nitrogens with one attached hydrogen (secondary N) is 1. The highest BCUT2D eigenvalue weighted by molar-refractivity contribution is 7.88. The first-order chi connectivity index (χ1) is 6.37. The van der Waals surface area contributed by atoms with Crippen molar-refractivity contribution in [1.82, 2.24) is 9.62 Å². The molecule has 0 bridgehead atoms. The van der Waals surface area contributed by atoms with Crippen LogP contribution in [0.25, 0.3) is 0 Å². The van der Waals surface area contributed by atoms with Crippen molar-refractivity contribution in [2.75, 3.05) is 26.4 Å². The van der Waals surface area contributed by atoms with E-state index in [2.05, 4.69) is 23.5 Å². The van der Waals surface area contributed by atoms with Gasteiger partial charge in [-0.25, -0.2) is 13.1 Å². The van der Waals surface area contributed by atoms with Gasteiger partial charge >= 0.3 is 0 Å². The van der Waals surface area contributed by atoms with Gasteiger partial charge in [0, 0.05) is 19.1 Å². The summed E-state index contributed by atoms with van der Waals surface area (Å²) >= 11 is 0. The summed E-state index contributed by atoms with van der Waals surface area (Å²) in [6.07, 6.45) is 3.49. The summed E-state index contributed by atoms with van der Waals surface area (Å²) in [5, 5.41) is 0. The quantitative estimate of drug-likeness (QED) is 0.688. The van der Waals surface area contributed by atoms with E-state index in [-0.39, 0.29) is 0 Å².